The molecule has 180 valence electrons. The predicted molar refractivity (Wildman–Crippen MR) is 131 cm³/mol. The lowest BCUT2D eigenvalue weighted by molar-refractivity contribution is 0.0981. The largest absolute Gasteiger partial charge is 0.382 e. The summed E-state index contributed by atoms with van der Waals surface area (Å²) in [7, 11) is 1.76. The van der Waals surface area contributed by atoms with Crippen LogP contribution in [0.3, 0.4) is 0 Å². The summed E-state index contributed by atoms with van der Waals surface area (Å²) >= 11 is 0. The number of aryl methyl sites for hydroxylation is 3. The van der Waals surface area contributed by atoms with E-state index in [1.54, 1.807) is 65.3 Å². The summed E-state index contributed by atoms with van der Waals surface area (Å²) in [6.45, 7) is 3.69. The van der Waals surface area contributed by atoms with Gasteiger partial charge in [-0.3, -0.25) is 18.8 Å². The molecule has 12 heteroatoms. The van der Waals surface area contributed by atoms with Gasteiger partial charge in [-0.1, -0.05) is 0 Å². The van der Waals surface area contributed by atoms with Crippen molar-refractivity contribution in [3.63, 3.8) is 0 Å². The highest BCUT2D eigenvalue weighted by atomic mass is 19.1. The van der Waals surface area contributed by atoms with Gasteiger partial charge in [0.05, 0.1) is 52.6 Å². The van der Waals surface area contributed by atoms with E-state index >= 15 is 4.39 Å². The smallest absolute Gasteiger partial charge is 0.261 e. The van der Waals surface area contributed by atoms with Crippen molar-refractivity contribution in [2.75, 3.05) is 10.6 Å². The van der Waals surface area contributed by atoms with Crippen molar-refractivity contribution in [2.24, 2.45) is 7.05 Å². The highest BCUT2D eigenvalue weighted by Crippen LogP contribution is 2.28. The van der Waals surface area contributed by atoms with E-state index in [4.69, 9.17) is 5.73 Å². The maximum Gasteiger partial charge on any atom is 0.261 e. The molecule has 5 heterocycles. The van der Waals surface area contributed by atoms with E-state index in [-0.39, 0.29) is 17.9 Å². The Kier molecular flexibility index (Phi) is 4.71. The molecule has 2 N–H and O–H groups in total. The van der Waals surface area contributed by atoms with Gasteiger partial charge >= 0.3 is 0 Å². The Hall–Kier alpha value is -4.87. The van der Waals surface area contributed by atoms with Crippen molar-refractivity contribution >= 4 is 39.6 Å². The number of carbonyl (C=O) groups is 1. The molecule has 0 atom stereocenters. The molecule has 0 spiro atoms. The van der Waals surface area contributed by atoms with Crippen LogP contribution in [0.5, 0.6) is 0 Å². The van der Waals surface area contributed by atoms with Gasteiger partial charge in [-0.15, -0.1) is 0 Å². The van der Waals surface area contributed by atoms with E-state index in [0.717, 1.165) is 0 Å². The standard InChI is InChI=1S/C24H21FN10O/c1-13-21(12-32(3)31-13)33(10-15-11-34-22(29-15)5-4-6-28-34)24(36)16-7-19-18(8-17(16)25)30-23(26)20-9-27-14(2)35(19)20/h4-9,11-12H,10H2,1-3H3,(H2,26,30). The number of hydrogen-bond acceptors (Lipinski definition) is 7. The molecule has 0 radical (unpaired) electrons. The number of fused-ring (bicyclic) bond motifs is 4. The average molecular weight is 484 g/mol. The summed E-state index contributed by atoms with van der Waals surface area (Å²) in [4.78, 5) is 28.6. The summed E-state index contributed by atoms with van der Waals surface area (Å²) < 4.78 is 20.4. The number of benzene rings is 1. The van der Waals surface area contributed by atoms with Crippen LogP contribution in [0.1, 0.15) is 27.6 Å². The molecule has 36 heavy (non-hydrogen) atoms. The molecule has 0 bridgehead atoms. The van der Waals surface area contributed by atoms with Gasteiger partial charge in [0, 0.05) is 25.5 Å². The van der Waals surface area contributed by atoms with Gasteiger partial charge in [-0.25, -0.2) is 23.9 Å². The second-order valence-corrected chi connectivity index (χ2v) is 8.57. The van der Waals surface area contributed by atoms with Gasteiger partial charge < -0.3 is 5.73 Å². The maximum absolute atomic E-state index is 15.4. The van der Waals surface area contributed by atoms with Crippen LogP contribution in [-0.4, -0.2) is 44.7 Å². The number of imidazole rings is 2. The predicted octanol–water partition coefficient (Wildman–Crippen LogP) is 2.84. The number of rotatable bonds is 4. The molecular weight excluding hydrogens is 463 g/mol. The van der Waals surface area contributed by atoms with Gasteiger partial charge in [0.15, 0.2) is 5.65 Å². The Balaban J connectivity index is 1.51. The van der Waals surface area contributed by atoms with E-state index in [2.05, 4.69) is 25.1 Å². The van der Waals surface area contributed by atoms with Crippen molar-refractivity contribution < 1.29 is 9.18 Å². The van der Waals surface area contributed by atoms with Crippen molar-refractivity contribution in [3.05, 3.63) is 77.6 Å². The fraction of sp³-hybridized carbons (Fsp3) is 0.167. The summed E-state index contributed by atoms with van der Waals surface area (Å²) in [5, 5.41) is 8.62. The molecule has 0 aliphatic heterocycles. The van der Waals surface area contributed by atoms with Crippen LogP contribution < -0.4 is 10.6 Å². The molecule has 1 amide bonds. The van der Waals surface area contributed by atoms with Crippen LogP contribution in [0.4, 0.5) is 15.9 Å². The van der Waals surface area contributed by atoms with E-state index in [9.17, 15) is 4.79 Å². The zero-order valence-corrected chi connectivity index (χ0v) is 19.7. The SMILES string of the molecule is Cc1nn(C)cc1N(Cc1cn2ncccc2n1)C(=O)c1cc2c(cc1F)nc(N)c1cnc(C)n12. The normalized spacial score (nSPS) is 11.7. The second-order valence-electron chi connectivity index (χ2n) is 8.57. The van der Waals surface area contributed by atoms with E-state index in [0.29, 0.717) is 45.1 Å². The topological polar surface area (TPSA) is 125 Å². The Bertz CT molecular complexity index is 1780. The summed E-state index contributed by atoms with van der Waals surface area (Å²) in [6.07, 6.45) is 6.71. The minimum absolute atomic E-state index is 0.0890. The maximum atomic E-state index is 15.4. The van der Waals surface area contributed by atoms with Gasteiger partial charge in [0.1, 0.15) is 23.0 Å². The third-order valence-electron chi connectivity index (χ3n) is 6.11. The van der Waals surface area contributed by atoms with Crippen LogP contribution >= 0.6 is 0 Å². The lowest BCUT2D eigenvalue weighted by atomic mass is 10.1. The number of hydrogen-bond donors (Lipinski definition) is 1. The molecule has 6 rings (SSSR count). The van der Waals surface area contributed by atoms with E-state index in [1.807, 2.05) is 6.07 Å². The van der Waals surface area contributed by atoms with Gasteiger partial charge in [-0.05, 0) is 32.0 Å². The highest BCUT2D eigenvalue weighted by Gasteiger charge is 2.26. The monoisotopic (exact) mass is 484 g/mol. The minimum Gasteiger partial charge on any atom is -0.382 e. The Morgan fingerprint density at radius 3 is 2.75 bits per heavy atom. The van der Waals surface area contributed by atoms with Gasteiger partial charge in [-0.2, -0.15) is 10.2 Å². The van der Waals surface area contributed by atoms with Gasteiger partial charge in [0.25, 0.3) is 5.91 Å². The molecule has 0 saturated carbocycles. The molecule has 0 unspecified atom stereocenters. The zero-order valence-electron chi connectivity index (χ0n) is 19.7. The summed E-state index contributed by atoms with van der Waals surface area (Å²) in [6, 6.07) is 6.31. The van der Waals surface area contributed by atoms with Crippen molar-refractivity contribution in [1.29, 1.82) is 0 Å². The number of anilines is 2. The third kappa shape index (κ3) is 3.34. The molecule has 0 aliphatic carbocycles. The first-order chi connectivity index (χ1) is 17.3. The van der Waals surface area contributed by atoms with Crippen molar-refractivity contribution in [1.82, 2.24) is 38.7 Å². The van der Waals surface area contributed by atoms with Crippen molar-refractivity contribution in [2.45, 2.75) is 20.4 Å². The van der Waals surface area contributed by atoms with Crippen LogP contribution in [0.25, 0.3) is 22.2 Å². The molecule has 11 nitrogen and oxygen atoms in total. The van der Waals surface area contributed by atoms with Crippen LogP contribution in [0, 0.1) is 19.7 Å². The molecule has 0 saturated heterocycles. The van der Waals surface area contributed by atoms with Crippen LogP contribution in [-0.2, 0) is 13.6 Å². The highest BCUT2D eigenvalue weighted by molar-refractivity contribution is 6.08. The average Bonchev–Trinajstić information content (AvgIpc) is 3.53. The molecule has 5 aromatic heterocycles. The minimum atomic E-state index is -0.709. The fourth-order valence-corrected chi connectivity index (χ4v) is 4.48. The number of nitrogens with two attached hydrogens (primary N) is 1. The molecule has 1 aromatic carbocycles. The quantitative estimate of drug-likeness (QED) is 0.408. The molecule has 0 fully saturated rings. The lowest BCUT2D eigenvalue weighted by Gasteiger charge is -2.22. The number of halogens is 1. The first kappa shape index (κ1) is 21.6. The lowest BCUT2D eigenvalue weighted by Crippen LogP contribution is -2.31. The first-order valence-corrected chi connectivity index (χ1v) is 11.1. The number of aromatic nitrogens is 8. The second kappa shape index (κ2) is 7.83. The number of nitrogens with zero attached hydrogens (tertiary/aromatic N) is 9. The zero-order chi connectivity index (χ0) is 25.1. The Morgan fingerprint density at radius 1 is 1.17 bits per heavy atom. The number of nitrogen functional groups attached to an aromatic ring is 1. The first-order valence-electron chi connectivity index (χ1n) is 11.1. The summed E-state index contributed by atoms with van der Waals surface area (Å²) in [5.41, 5.74) is 9.77. The third-order valence-corrected chi connectivity index (χ3v) is 6.11. The molecular formula is C24H21FN10O. The van der Waals surface area contributed by atoms with Gasteiger partial charge in [0.2, 0.25) is 0 Å². The van der Waals surface area contributed by atoms with E-state index in [1.165, 1.54) is 17.0 Å². The fourth-order valence-electron chi connectivity index (χ4n) is 4.48. The van der Waals surface area contributed by atoms with Crippen LogP contribution in [0.15, 0.2) is 49.1 Å². The number of carbonyl (C=O) groups excluding carboxylic acids is 1. The Labute approximate surface area is 203 Å². The number of amides is 1. The summed E-state index contributed by atoms with van der Waals surface area (Å²) in [5.74, 6) is -0.376. The van der Waals surface area contributed by atoms with E-state index < -0.39 is 11.7 Å². The Morgan fingerprint density at radius 2 is 2.00 bits per heavy atom. The molecule has 6 aromatic rings. The van der Waals surface area contributed by atoms with Crippen LogP contribution in [0.2, 0.25) is 0 Å². The molecule has 0 aliphatic rings. The van der Waals surface area contributed by atoms with Crippen molar-refractivity contribution in [3.8, 4) is 0 Å².